The van der Waals surface area contributed by atoms with E-state index in [4.69, 9.17) is 11.6 Å². The maximum Gasteiger partial charge on any atom is 0.141 e. The number of benzene rings is 1. The molecule has 0 saturated heterocycles. The lowest BCUT2D eigenvalue weighted by Crippen LogP contribution is -2.21. The number of aromatic nitrogens is 2. The average Bonchev–Trinajstić information content (AvgIpc) is 2.80. The Hall–Kier alpha value is -0.950. The van der Waals surface area contributed by atoms with Gasteiger partial charge < -0.3 is 10.0 Å². The second-order valence-corrected chi connectivity index (χ2v) is 6.24. The second kappa shape index (κ2) is 6.87. The Kier molecular flexibility index (Phi) is 5.37. The van der Waals surface area contributed by atoms with Crippen LogP contribution in [0.1, 0.15) is 17.4 Å². The number of hydrogen-bond acceptors (Lipinski definition) is 3. The normalized spacial score (nSPS) is 12.9. The van der Waals surface area contributed by atoms with E-state index in [0.29, 0.717) is 22.3 Å². The maximum absolute atomic E-state index is 13.2. The van der Waals surface area contributed by atoms with Crippen molar-refractivity contribution in [2.45, 2.75) is 12.6 Å². The number of nitrogens with zero attached hydrogens (tertiary/aromatic N) is 3. The first-order chi connectivity index (χ1) is 9.90. The van der Waals surface area contributed by atoms with Crippen molar-refractivity contribution in [3.05, 3.63) is 51.0 Å². The van der Waals surface area contributed by atoms with Crippen LogP contribution in [0.3, 0.4) is 0 Å². The first kappa shape index (κ1) is 16.4. The zero-order valence-corrected chi connectivity index (χ0v) is 14.1. The largest absolute Gasteiger partial charge is 0.382 e. The number of likely N-dealkylation sites (N-methyl/N-ethyl adjacent to an activating group) is 1. The fraction of sp³-hybridized carbons (Fsp3) is 0.357. The van der Waals surface area contributed by atoms with Crippen molar-refractivity contribution in [2.24, 2.45) is 0 Å². The quantitative estimate of drug-likeness (QED) is 0.872. The van der Waals surface area contributed by atoms with Gasteiger partial charge in [0.05, 0.1) is 27.9 Å². The van der Waals surface area contributed by atoms with Crippen molar-refractivity contribution in [2.75, 3.05) is 20.6 Å². The minimum absolute atomic E-state index is 0.0120. The predicted molar refractivity (Wildman–Crippen MR) is 84.0 cm³/mol. The lowest BCUT2D eigenvalue weighted by molar-refractivity contribution is 0.204. The van der Waals surface area contributed by atoms with E-state index in [-0.39, 0.29) is 5.02 Å². The van der Waals surface area contributed by atoms with Crippen molar-refractivity contribution < 1.29 is 9.50 Å². The van der Waals surface area contributed by atoms with Crippen molar-refractivity contribution >= 4 is 27.5 Å². The molecule has 1 atom stereocenters. The third-order valence-corrected chi connectivity index (χ3v) is 4.01. The third-order valence-electron chi connectivity index (χ3n) is 3.11. The van der Waals surface area contributed by atoms with Crippen LogP contribution in [0.5, 0.6) is 0 Å². The topological polar surface area (TPSA) is 41.3 Å². The Bertz CT molecular complexity index is 633. The summed E-state index contributed by atoms with van der Waals surface area (Å²) in [4.78, 5) is 2.03. The fourth-order valence-electron chi connectivity index (χ4n) is 1.96. The smallest absolute Gasteiger partial charge is 0.141 e. The molecule has 0 bridgehead atoms. The van der Waals surface area contributed by atoms with Gasteiger partial charge in [0.15, 0.2) is 0 Å². The van der Waals surface area contributed by atoms with Gasteiger partial charge in [-0.2, -0.15) is 5.10 Å². The molecule has 1 aromatic carbocycles. The van der Waals surface area contributed by atoms with E-state index in [1.807, 2.05) is 19.0 Å². The molecule has 0 aliphatic carbocycles. The van der Waals surface area contributed by atoms with E-state index in [2.05, 4.69) is 21.0 Å². The summed E-state index contributed by atoms with van der Waals surface area (Å²) in [5.41, 5.74) is 1.15. The van der Waals surface area contributed by atoms with Gasteiger partial charge in [-0.1, -0.05) is 17.7 Å². The summed E-state index contributed by atoms with van der Waals surface area (Å²) < 4.78 is 15.7. The third kappa shape index (κ3) is 3.83. The van der Waals surface area contributed by atoms with Crippen LogP contribution in [0.25, 0.3) is 0 Å². The van der Waals surface area contributed by atoms with Gasteiger partial charge in [-0.05, 0) is 47.7 Å². The summed E-state index contributed by atoms with van der Waals surface area (Å²) in [7, 11) is 3.93. The maximum atomic E-state index is 13.2. The predicted octanol–water partition coefficient (Wildman–Crippen LogP) is 3.08. The molecule has 2 aromatic rings. The van der Waals surface area contributed by atoms with E-state index in [1.54, 1.807) is 10.9 Å². The van der Waals surface area contributed by atoms with Gasteiger partial charge in [-0.15, -0.1) is 0 Å². The van der Waals surface area contributed by atoms with E-state index in [1.165, 1.54) is 18.2 Å². The molecule has 4 nitrogen and oxygen atoms in total. The number of hydrogen-bond donors (Lipinski definition) is 1. The summed E-state index contributed by atoms with van der Waals surface area (Å²) in [6.07, 6.45) is 0.710. The number of rotatable bonds is 5. The fourth-order valence-corrected chi connectivity index (χ4v) is 2.66. The molecular weight excluding hydrogens is 361 g/mol. The molecule has 114 valence electrons. The monoisotopic (exact) mass is 375 g/mol. The van der Waals surface area contributed by atoms with Gasteiger partial charge in [-0.3, -0.25) is 4.68 Å². The van der Waals surface area contributed by atoms with Crippen LogP contribution in [0, 0.1) is 5.82 Å². The zero-order valence-electron chi connectivity index (χ0n) is 11.7. The van der Waals surface area contributed by atoms with E-state index in [9.17, 15) is 9.50 Å². The zero-order chi connectivity index (χ0) is 15.6. The van der Waals surface area contributed by atoms with Crippen LogP contribution in [0.15, 0.2) is 28.9 Å². The van der Waals surface area contributed by atoms with Crippen molar-refractivity contribution in [1.82, 2.24) is 14.7 Å². The molecule has 1 aromatic heterocycles. The van der Waals surface area contributed by atoms with Gasteiger partial charge >= 0.3 is 0 Å². The van der Waals surface area contributed by atoms with Gasteiger partial charge in [0.2, 0.25) is 0 Å². The minimum atomic E-state index is -0.929. The van der Waals surface area contributed by atoms with Gasteiger partial charge in [-0.25, -0.2) is 4.39 Å². The number of halogens is 3. The first-order valence-electron chi connectivity index (χ1n) is 6.39. The van der Waals surface area contributed by atoms with Crippen LogP contribution in [0.4, 0.5) is 4.39 Å². The van der Waals surface area contributed by atoms with E-state index < -0.39 is 11.9 Å². The Balaban J connectivity index is 2.31. The molecule has 0 saturated carbocycles. The van der Waals surface area contributed by atoms with Gasteiger partial charge in [0.1, 0.15) is 11.9 Å². The Morgan fingerprint density at radius 2 is 2.19 bits per heavy atom. The van der Waals surface area contributed by atoms with E-state index in [0.717, 1.165) is 6.54 Å². The molecule has 21 heavy (non-hydrogen) atoms. The molecule has 0 fully saturated rings. The van der Waals surface area contributed by atoms with Crippen molar-refractivity contribution in [1.29, 1.82) is 0 Å². The highest BCUT2D eigenvalue weighted by molar-refractivity contribution is 9.10. The van der Waals surface area contributed by atoms with Crippen LogP contribution in [0.2, 0.25) is 5.02 Å². The SMILES string of the molecule is CN(C)CCn1ncc(Br)c1C(O)c1ccc(F)c(Cl)c1. The van der Waals surface area contributed by atoms with E-state index >= 15 is 0 Å². The summed E-state index contributed by atoms with van der Waals surface area (Å²) in [5, 5.41) is 14.8. The molecule has 0 radical (unpaired) electrons. The highest BCUT2D eigenvalue weighted by atomic mass is 79.9. The number of aliphatic hydroxyl groups is 1. The van der Waals surface area contributed by atoms with Crippen LogP contribution < -0.4 is 0 Å². The minimum Gasteiger partial charge on any atom is -0.382 e. The molecule has 1 unspecified atom stereocenters. The molecule has 7 heteroatoms. The molecule has 0 aliphatic heterocycles. The lowest BCUT2D eigenvalue weighted by Gasteiger charge is -2.16. The van der Waals surface area contributed by atoms with Gasteiger partial charge in [0, 0.05) is 6.54 Å². The highest BCUT2D eigenvalue weighted by Crippen LogP contribution is 2.30. The molecule has 0 spiro atoms. The van der Waals surface area contributed by atoms with Crippen LogP contribution in [-0.2, 0) is 6.54 Å². The summed E-state index contributed by atoms with van der Waals surface area (Å²) in [5.74, 6) is -0.507. The Labute approximate surface area is 136 Å². The van der Waals surface area contributed by atoms with Crippen LogP contribution in [-0.4, -0.2) is 40.4 Å². The molecular formula is C14H16BrClFN3O. The van der Waals surface area contributed by atoms with Crippen molar-refractivity contribution in [3.8, 4) is 0 Å². The van der Waals surface area contributed by atoms with Gasteiger partial charge in [0.25, 0.3) is 0 Å². The Morgan fingerprint density at radius 3 is 2.81 bits per heavy atom. The molecule has 0 amide bonds. The molecule has 0 aliphatic rings. The first-order valence-corrected chi connectivity index (χ1v) is 7.56. The lowest BCUT2D eigenvalue weighted by atomic mass is 10.1. The number of aliphatic hydroxyl groups excluding tert-OH is 1. The summed E-state index contributed by atoms with van der Waals surface area (Å²) >= 11 is 9.17. The summed E-state index contributed by atoms with van der Waals surface area (Å²) in [6, 6.07) is 4.19. The average molecular weight is 377 g/mol. The summed E-state index contributed by atoms with van der Waals surface area (Å²) in [6.45, 7) is 1.43. The molecule has 1 N–H and O–H groups in total. The highest BCUT2D eigenvalue weighted by Gasteiger charge is 2.20. The standard InChI is InChI=1S/C14H16BrClFN3O/c1-19(2)5-6-20-13(10(15)8-18-20)14(21)9-3-4-12(17)11(16)7-9/h3-4,7-8,14,21H,5-6H2,1-2H3. The van der Waals surface area contributed by atoms with Crippen molar-refractivity contribution in [3.63, 3.8) is 0 Å². The molecule has 1 heterocycles. The van der Waals surface area contributed by atoms with Crippen LogP contribution >= 0.6 is 27.5 Å². The molecule has 2 rings (SSSR count). The second-order valence-electron chi connectivity index (χ2n) is 4.98. The Morgan fingerprint density at radius 1 is 1.48 bits per heavy atom.